The van der Waals surface area contributed by atoms with E-state index in [0.717, 1.165) is 24.3 Å². The van der Waals surface area contributed by atoms with Crippen LogP contribution in [0.4, 0.5) is 11.4 Å². The molecule has 0 atom stereocenters. The molecule has 148 valence electrons. The average molecular weight is 426 g/mol. The van der Waals surface area contributed by atoms with Crippen LogP contribution in [0.2, 0.25) is 5.02 Å². The van der Waals surface area contributed by atoms with E-state index in [1.165, 1.54) is 24.2 Å². The molecule has 2 aliphatic rings. The number of nitrogens with zero attached hydrogens (tertiary/aromatic N) is 2. The summed E-state index contributed by atoms with van der Waals surface area (Å²) < 4.78 is 0. The van der Waals surface area contributed by atoms with Crippen LogP contribution in [0, 0.1) is 0 Å². The van der Waals surface area contributed by atoms with E-state index in [2.05, 4.69) is 10.2 Å². The zero-order valence-electron chi connectivity index (χ0n) is 15.7. The van der Waals surface area contributed by atoms with Gasteiger partial charge in [-0.15, -0.1) is 0 Å². The van der Waals surface area contributed by atoms with E-state index >= 15 is 0 Å². The lowest BCUT2D eigenvalue weighted by atomic mass is 10.1. The van der Waals surface area contributed by atoms with Gasteiger partial charge in [-0.1, -0.05) is 29.8 Å². The number of anilines is 2. The number of halogens is 1. The summed E-state index contributed by atoms with van der Waals surface area (Å²) in [6, 6.07) is 14.7. The Hall–Kier alpha value is -2.70. The van der Waals surface area contributed by atoms with Crippen LogP contribution in [0.25, 0.3) is 6.08 Å². The third-order valence-corrected chi connectivity index (χ3v) is 5.61. The summed E-state index contributed by atoms with van der Waals surface area (Å²) in [4.78, 5) is 29.1. The first-order chi connectivity index (χ1) is 14.0. The average Bonchev–Trinajstić information content (AvgIpc) is 2.72. The summed E-state index contributed by atoms with van der Waals surface area (Å²) in [6.07, 6.45) is 5.29. The highest BCUT2D eigenvalue weighted by molar-refractivity contribution is 7.80. The van der Waals surface area contributed by atoms with Crippen molar-refractivity contribution in [2.24, 2.45) is 0 Å². The summed E-state index contributed by atoms with van der Waals surface area (Å²) in [5.41, 5.74) is 2.49. The van der Waals surface area contributed by atoms with E-state index in [1.807, 2.05) is 24.3 Å². The lowest BCUT2D eigenvalue weighted by molar-refractivity contribution is -0.122. The lowest BCUT2D eigenvalue weighted by Crippen LogP contribution is -2.54. The van der Waals surface area contributed by atoms with Crippen molar-refractivity contribution in [3.63, 3.8) is 0 Å². The summed E-state index contributed by atoms with van der Waals surface area (Å²) in [5.74, 6) is -0.973. The van der Waals surface area contributed by atoms with Gasteiger partial charge in [-0.05, 0) is 73.5 Å². The normalized spacial score (nSPS) is 18.9. The second-order valence-electron chi connectivity index (χ2n) is 7.08. The van der Waals surface area contributed by atoms with Gasteiger partial charge in [0.2, 0.25) is 0 Å². The van der Waals surface area contributed by atoms with Crippen molar-refractivity contribution < 1.29 is 9.59 Å². The maximum absolute atomic E-state index is 13.0. The zero-order valence-corrected chi connectivity index (χ0v) is 17.3. The van der Waals surface area contributed by atoms with Crippen LogP contribution in [0.5, 0.6) is 0 Å². The zero-order chi connectivity index (χ0) is 20.4. The highest BCUT2D eigenvalue weighted by Gasteiger charge is 2.34. The molecule has 0 saturated carbocycles. The van der Waals surface area contributed by atoms with Gasteiger partial charge in [0.1, 0.15) is 5.57 Å². The number of hydrogen-bond donors (Lipinski definition) is 1. The number of piperidine rings is 1. The van der Waals surface area contributed by atoms with Crippen LogP contribution in [0.15, 0.2) is 54.1 Å². The maximum Gasteiger partial charge on any atom is 0.270 e. The Kier molecular flexibility index (Phi) is 5.65. The van der Waals surface area contributed by atoms with E-state index in [-0.39, 0.29) is 10.7 Å². The molecule has 2 fully saturated rings. The number of rotatable bonds is 3. The molecule has 0 radical (unpaired) electrons. The molecule has 0 aliphatic carbocycles. The molecule has 2 amide bonds. The van der Waals surface area contributed by atoms with Gasteiger partial charge in [0.05, 0.1) is 5.69 Å². The van der Waals surface area contributed by atoms with Gasteiger partial charge in [0.15, 0.2) is 5.11 Å². The van der Waals surface area contributed by atoms with E-state index in [9.17, 15) is 9.59 Å². The summed E-state index contributed by atoms with van der Waals surface area (Å²) >= 11 is 11.3. The first-order valence-electron chi connectivity index (χ1n) is 9.55. The van der Waals surface area contributed by atoms with Gasteiger partial charge in [-0.2, -0.15) is 0 Å². The molecule has 0 unspecified atom stereocenters. The number of nitrogens with one attached hydrogen (secondary N) is 1. The molecule has 0 bridgehead atoms. The van der Waals surface area contributed by atoms with Crippen molar-refractivity contribution in [3.05, 3.63) is 64.7 Å². The molecule has 2 saturated heterocycles. The molecule has 1 N–H and O–H groups in total. The van der Waals surface area contributed by atoms with Gasteiger partial charge in [-0.3, -0.25) is 19.8 Å². The first-order valence-corrected chi connectivity index (χ1v) is 10.3. The molecule has 2 aromatic carbocycles. The Morgan fingerprint density at radius 2 is 1.69 bits per heavy atom. The molecule has 5 nitrogen and oxygen atoms in total. The predicted molar refractivity (Wildman–Crippen MR) is 120 cm³/mol. The molecule has 2 aromatic rings. The number of thiocarbonyl (C=S) groups is 1. The first kappa shape index (κ1) is 19.6. The SMILES string of the molecule is O=C1NC(=S)N(c2cccc(Cl)c2)C(=O)/C1=C/c1ccc(N2CCCCC2)cc1. The van der Waals surface area contributed by atoms with Crippen LogP contribution >= 0.6 is 23.8 Å². The smallest absolute Gasteiger partial charge is 0.270 e. The molecular weight excluding hydrogens is 406 g/mol. The van der Waals surface area contributed by atoms with Gasteiger partial charge in [0.25, 0.3) is 11.8 Å². The van der Waals surface area contributed by atoms with Crippen molar-refractivity contribution >= 4 is 58.2 Å². The second kappa shape index (κ2) is 8.35. The third kappa shape index (κ3) is 4.18. The van der Waals surface area contributed by atoms with Gasteiger partial charge < -0.3 is 4.90 Å². The largest absolute Gasteiger partial charge is 0.372 e. The Bertz CT molecular complexity index is 997. The van der Waals surface area contributed by atoms with Crippen molar-refractivity contribution in [1.29, 1.82) is 0 Å². The fourth-order valence-electron chi connectivity index (χ4n) is 3.61. The molecule has 4 rings (SSSR count). The molecule has 7 heteroatoms. The minimum atomic E-state index is -0.501. The Morgan fingerprint density at radius 1 is 0.966 bits per heavy atom. The van der Waals surface area contributed by atoms with Crippen molar-refractivity contribution in [2.75, 3.05) is 22.9 Å². The summed E-state index contributed by atoms with van der Waals surface area (Å²) in [5, 5.41) is 3.11. The van der Waals surface area contributed by atoms with Crippen molar-refractivity contribution in [1.82, 2.24) is 5.32 Å². The predicted octanol–water partition coefficient (Wildman–Crippen LogP) is 4.16. The number of carbonyl (C=O) groups excluding carboxylic acids is 2. The van der Waals surface area contributed by atoms with Crippen molar-refractivity contribution in [3.8, 4) is 0 Å². The van der Waals surface area contributed by atoms with E-state index in [1.54, 1.807) is 30.3 Å². The van der Waals surface area contributed by atoms with E-state index < -0.39 is 11.8 Å². The quantitative estimate of drug-likeness (QED) is 0.455. The Labute approximate surface area is 179 Å². The van der Waals surface area contributed by atoms with E-state index in [4.69, 9.17) is 23.8 Å². The molecule has 2 heterocycles. The standard InChI is InChI=1S/C22H20ClN3O2S/c23-16-5-4-6-18(14-16)26-21(28)19(20(27)24-22(26)29)13-15-7-9-17(10-8-15)25-11-2-1-3-12-25/h4-10,13-14H,1-3,11-12H2,(H,24,27,29)/b19-13+. The summed E-state index contributed by atoms with van der Waals surface area (Å²) in [6.45, 7) is 2.13. The van der Waals surface area contributed by atoms with Crippen LogP contribution in [0.3, 0.4) is 0 Å². The lowest BCUT2D eigenvalue weighted by Gasteiger charge is -2.29. The fraction of sp³-hybridized carbons (Fsp3) is 0.227. The minimum absolute atomic E-state index is 0.0318. The minimum Gasteiger partial charge on any atom is -0.372 e. The van der Waals surface area contributed by atoms with E-state index in [0.29, 0.717) is 10.7 Å². The van der Waals surface area contributed by atoms with Gasteiger partial charge in [0, 0.05) is 23.8 Å². The van der Waals surface area contributed by atoms with Gasteiger partial charge in [-0.25, -0.2) is 0 Å². The fourth-order valence-corrected chi connectivity index (χ4v) is 4.07. The van der Waals surface area contributed by atoms with Crippen LogP contribution in [-0.2, 0) is 9.59 Å². The molecule has 0 spiro atoms. The highest BCUT2D eigenvalue weighted by atomic mass is 35.5. The molecule has 29 heavy (non-hydrogen) atoms. The van der Waals surface area contributed by atoms with Crippen molar-refractivity contribution in [2.45, 2.75) is 19.3 Å². The third-order valence-electron chi connectivity index (χ3n) is 5.09. The number of carbonyl (C=O) groups is 2. The highest BCUT2D eigenvalue weighted by Crippen LogP contribution is 2.25. The van der Waals surface area contributed by atoms with Crippen LogP contribution in [0.1, 0.15) is 24.8 Å². The second-order valence-corrected chi connectivity index (χ2v) is 7.90. The van der Waals surface area contributed by atoms with Crippen LogP contribution < -0.4 is 15.1 Å². The number of amides is 2. The summed E-state index contributed by atoms with van der Waals surface area (Å²) in [7, 11) is 0. The molecule has 0 aromatic heterocycles. The number of hydrogen-bond acceptors (Lipinski definition) is 4. The molecular formula is C22H20ClN3O2S. The van der Waals surface area contributed by atoms with Crippen LogP contribution in [-0.4, -0.2) is 30.0 Å². The Balaban J connectivity index is 1.60. The Morgan fingerprint density at radius 3 is 2.38 bits per heavy atom. The monoisotopic (exact) mass is 425 g/mol. The number of benzene rings is 2. The molecule has 2 aliphatic heterocycles. The van der Waals surface area contributed by atoms with Gasteiger partial charge >= 0.3 is 0 Å². The maximum atomic E-state index is 13.0. The topological polar surface area (TPSA) is 52.7 Å².